The van der Waals surface area contributed by atoms with Gasteiger partial charge in [-0.05, 0) is 94.3 Å². The first-order valence-corrected chi connectivity index (χ1v) is 12.3. The van der Waals surface area contributed by atoms with Crippen molar-refractivity contribution >= 4 is 5.78 Å². The molecule has 0 heterocycles. The third-order valence-electron chi connectivity index (χ3n) is 9.79. The summed E-state index contributed by atoms with van der Waals surface area (Å²) in [5.74, 6) is 1.61. The number of hydrogen-bond acceptors (Lipinski definition) is 3. The van der Waals surface area contributed by atoms with Gasteiger partial charge < -0.3 is 10.2 Å². The molecule has 2 N–H and O–H groups in total. The molecule has 0 aromatic rings. The van der Waals surface area contributed by atoms with Gasteiger partial charge in [0.05, 0.1) is 18.1 Å². The van der Waals surface area contributed by atoms with Crippen molar-refractivity contribution in [1.82, 2.24) is 0 Å². The number of aliphatic hydroxyl groups is 2. The number of carbonyl (C=O) groups excluding carboxylic acids is 1. The number of ketones is 1. The van der Waals surface area contributed by atoms with Crippen molar-refractivity contribution in [2.24, 2.45) is 40.4 Å². The summed E-state index contributed by atoms with van der Waals surface area (Å²) >= 11 is 0. The molecule has 0 aromatic carbocycles. The van der Waals surface area contributed by atoms with Gasteiger partial charge in [-0.1, -0.05) is 44.1 Å². The van der Waals surface area contributed by atoms with Crippen LogP contribution in [-0.2, 0) is 4.79 Å². The maximum absolute atomic E-state index is 13.4. The van der Waals surface area contributed by atoms with Crippen LogP contribution in [0, 0.1) is 40.4 Å². The average Bonchev–Trinajstić information content (AvgIpc) is 3.00. The first kappa shape index (κ1) is 22.3. The van der Waals surface area contributed by atoms with E-state index < -0.39 is 23.5 Å². The average molecular weight is 415 g/mol. The Hall–Kier alpha value is -0.930. The molecule has 30 heavy (non-hydrogen) atoms. The first-order chi connectivity index (χ1) is 14.1. The van der Waals surface area contributed by atoms with E-state index in [2.05, 4.69) is 40.7 Å². The number of allylic oxidation sites excluding steroid dienone is 3. The summed E-state index contributed by atoms with van der Waals surface area (Å²) in [7, 11) is 0. The predicted molar refractivity (Wildman–Crippen MR) is 121 cm³/mol. The zero-order chi connectivity index (χ0) is 21.8. The molecule has 4 aliphatic carbocycles. The van der Waals surface area contributed by atoms with Crippen LogP contribution in [0.3, 0.4) is 0 Å². The zero-order valence-electron chi connectivity index (χ0n) is 19.7. The van der Waals surface area contributed by atoms with Gasteiger partial charge in [0.1, 0.15) is 5.78 Å². The third-order valence-corrected chi connectivity index (χ3v) is 9.79. The van der Waals surface area contributed by atoms with Crippen molar-refractivity contribution in [3.63, 3.8) is 0 Å². The predicted octanol–water partition coefficient (Wildman–Crippen LogP) is 5.46. The van der Waals surface area contributed by atoms with Crippen LogP contribution in [-0.4, -0.2) is 28.2 Å². The Morgan fingerprint density at radius 3 is 2.57 bits per heavy atom. The molecule has 3 nitrogen and oxygen atoms in total. The Bertz CT molecular complexity index is 747. The Morgan fingerprint density at radius 2 is 1.87 bits per heavy atom. The molecule has 0 amide bonds. The summed E-state index contributed by atoms with van der Waals surface area (Å²) in [5.41, 5.74) is 2.62. The minimum Gasteiger partial charge on any atom is -0.392 e. The topological polar surface area (TPSA) is 57.5 Å². The van der Waals surface area contributed by atoms with E-state index in [-0.39, 0.29) is 17.1 Å². The SMILES string of the molecule is CC(C)=CCC[C@@H](C)[C@H]1CC[C@H]2C3=C[C@@H](O)[C@H]4C(=O)[C@](C)(CC[C@@H]4O)[C@H]3CC[C@]12C. The van der Waals surface area contributed by atoms with E-state index in [9.17, 15) is 15.0 Å². The van der Waals surface area contributed by atoms with Gasteiger partial charge in [0.25, 0.3) is 0 Å². The van der Waals surface area contributed by atoms with Gasteiger partial charge in [-0.3, -0.25) is 4.79 Å². The maximum atomic E-state index is 13.4. The molecule has 3 heteroatoms. The van der Waals surface area contributed by atoms with E-state index in [1.165, 1.54) is 36.8 Å². The molecule has 4 aliphatic rings. The summed E-state index contributed by atoms with van der Waals surface area (Å²) in [6, 6.07) is 0. The lowest BCUT2D eigenvalue weighted by molar-refractivity contribution is -0.149. The van der Waals surface area contributed by atoms with Gasteiger partial charge in [-0.15, -0.1) is 0 Å². The van der Waals surface area contributed by atoms with Crippen molar-refractivity contribution in [2.75, 3.05) is 0 Å². The summed E-state index contributed by atoms with van der Waals surface area (Å²) in [4.78, 5) is 13.4. The van der Waals surface area contributed by atoms with Crippen LogP contribution in [0.15, 0.2) is 23.3 Å². The minimum absolute atomic E-state index is 0.109. The van der Waals surface area contributed by atoms with Gasteiger partial charge >= 0.3 is 0 Å². The van der Waals surface area contributed by atoms with E-state index in [0.29, 0.717) is 24.2 Å². The van der Waals surface area contributed by atoms with Crippen LogP contribution in [0.25, 0.3) is 0 Å². The largest absolute Gasteiger partial charge is 0.392 e. The molecule has 2 bridgehead atoms. The number of carbonyl (C=O) groups is 1. The van der Waals surface area contributed by atoms with E-state index in [0.717, 1.165) is 19.3 Å². The molecule has 9 atom stereocenters. The summed E-state index contributed by atoms with van der Waals surface area (Å²) in [6.07, 6.45) is 11.3. The van der Waals surface area contributed by atoms with E-state index >= 15 is 0 Å². The Morgan fingerprint density at radius 1 is 1.13 bits per heavy atom. The van der Waals surface area contributed by atoms with Crippen molar-refractivity contribution in [3.05, 3.63) is 23.3 Å². The number of Topliss-reactive ketones (excluding diaryl/α,β-unsaturated/α-hetero) is 1. The van der Waals surface area contributed by atoms with Gasteiger partial charge in [-0.25, -0.2) is 0 Å². The molecular formula is C27H42O3. The summed E-state index contributed by atoms with van der Waals surface area (Å²) < 4.78 is 0. The van der Waals surface area contributed by atoms with Crippen molar-refractivity contribution in [2.45, 2.75) is 98.2 Å². The van der Waals surface area contributed by atoms with Crippen LogP contribution < -0.4 is 0 Å². The van der Waals surface area contributed by atoms with Crippen molar-refractivity contribution in [3.8, 4) is 0 Å². The highest BCUT2D eigenvalue weighted by molar-refractivity contribution is 5.90. The molecule has 0 unspecified atom stereocenters. The van der Waals surface area contributed by atoms with Crippen molar-refractivity contribution < 1.29 is 15.0 Å². The second-order valence-corrected chi connectivity index (χ2v) is 11.7. The van der Waals surface area contributed by atoms with Gasteiger partial charge in [0, 0.05) is 5.41 Å². The number of rotatable bonds is 4. The fourth-order valence-electron chi connectivity index (χ4n) is 8.06. The lowest BCUT2D eigenvalue weighted by atomic mass is 9.52. The molecule has 168 valence electrons. The van der Waals surface area contributed by atoms with Crippen molar-refractivity contribution in [1.29, 1.82) is 0 Å². The normalized spacial score (nSPS) is 46.4. The Kier molecular flexibility index (Phi) is 5.85. The number of hydrogen-bond donors (Lipinski definition) is 2. The molecule has 0 spiro atoms. The lowest BCUT2D eigenvalue weighted by Gasteiger charge is -2.52. The molecule has 0 radical (unpaired) electrons. The highest BCUT2D eigenvalue weighted by Crippen LogP contribution is 2.65. The highest BCUT2D eigenvalue weighted by atomic mass is 16.3. The molecule has 0 aliphatic heterocycles. The van der Waals surface area contributed by atoms with Crippen LogP contribution in [0.2, 0.25) is 0 Å². The van der Waals surface area contributed by atoms with Crippen LogP contribution in [0.4, 0.5) is 0 Å². The van der Waals surface area contributed by atoms with E-state index in [4.69, 9.17) is 0 Å². The highest BCUT2D eigenvalue weighted by Gasteiger charge is 2.60. The molecule has 0 aromatic heterocycles. The molecule has 3 saturated carbocycles. The van der Waals surface area contributed by atoms with Crippen LogP contribution in [0.5, 0.6) is 0 Å². The lowest BCUT2D eigenvalue weighted by Crippen LogP contribution is -2.52. The van der Waals surface area contributed by atoms with Crippen LogP contribution >= 0.6 is 0 Å². The van der Waals surface area contributed by atoms with Gasteiger partial charge in [0.2, 0.25) is 0 Å². The maximum Gasteiger partial charge on any atom is 0.147 e. The standard InChI is InChI=1S/C27H42O3/c1-16(2)7-6-8-17(3)19-9-10-20-18-15-23(29)24-22(28)12-14-27(5,25(24)30)21(18)11-13-26(19,20)4/h7,15,17,19-24,28-29H,6,8-14H2,1-5H3/t17-,19-,20+,21+,22+,23-,24+,26-,27-/m1/s1. The summed E-state index contributed by atoms with van der Waals surface area (Å²) in [6.45, 7) is 11.4. The smallest absolute Gasteiger partial charge is 0.147 e. The third kappa shape index (κ3) is 3.35. The Labute approximate surface area is 183 Å². The molecular weight excluding hydrogens is 372 g/mol. The van der Waals surface area contributed by atoms with Gasteiger partial charge in [0.15, 0.2) is 0 Å². The fraction of sp³-hybridized carbons (Fsp3) is 0.815. The zero-order valence-corrected chi connectivity index (χ0v) is 19.7. The fourth-order valence-corrected chi connectivity index (χ4v) is 8.06. The van der Waals surface area contributed by atoms with E-state index in [1.54, 1.807) is 0 Å². The van der Waals surface area contributed by atoms with Gasteiger partial charge in [-0.2, -0.15) is 0 Å². The molecule has 3 fully saturated rings. The Balaban J connectivity index is 1.63. The number of aliphatic hydroxyl groups excluding tert-OH is 2. The molecule has 4 rings (SSSR count). The second-order valence-electron chi connectivity index (χ2n) is 11.7. The van der Waals surface area contributed by atoms with E-state index in [1.807, 2.05) is 6.08 Å². The quantitative estimate of drug-likeness (QED) is 0.601. The molecule has 0 saturated heterocycles. The minimum atomic E-state index is -0.830. The first-order valence-electron chi connectivity index (χ1n) is 12.3. The summed E-state index contributed by atoms with van der Waals surface area (Å²) in [5, 5.41) is 21.5. The second kappa shape index (κ2) is 7.89. The number of fused-ring (bicyclic) bond motifs is 6. The van der Waals surface area contributed by atoms with Crippen LogP contribution in [0.1, 0.15) is 86.0 Å². The monoisotopic (exact) mass is 414 g/mol.